The van der Waals surface area contributed by atoms with Crippen molar-refractivity contribution < 1.29 is 4.57 Å². The van der Waals surface area contributed by atoms with E-state index in [4.69, 9.17) is 0 Å². The summed E-state index contributed by atoms with van der Waals surface area (Å²) >= 11 is 4.89. The molecule has 1 aromatic carbocycles. The van der Waals surface area contributed by atoms with Crippen molar-refractivity contribution in [1.29, 1.82) is 0 Å². The number of aliphatic imine (C=N–C) groups is 1. The van der Waals surface area contributed by atoms with Crippen molar-refractivity contribution in [3.05, 3.63) is 36.4 Å². The molecule has 0 aromatic heterocycles. The van der Waals surface area contributed by atoms with Crippen LogP contribution in [0, 0.1) is 11.8 Å². The number of thioether (sulfide) groups is 1. The minimum absolute atomic E-state index is 0.502. The van der Waals surface area contributed by atoms with Crippen LogP contribution in [0.15, 0.2) is 46.3 Å². The molecule has 1 aromatic rings. The first-order chi connectivity index (χ1) is 12.8. The molecular weight excluding hydrogens is 411 g/mol. The fourth-order valence-corrected chi connectivity index (χ4v) is 10.6. The zero-order chi connectivity index (χ0) is 20.3. The highest BCUT2D eigenvalue weighted by Gasteiger charge is 2.30. The van der Waals surface area contributed by atoms with Crippen LogP contribution in [0.2, 0.25) is 0 Å². The van der Waals surface area contributed by atoms with E-state index in [1.807, 2.05) is 35.9 Å². The zero-order valence-corrected chi connectivity index (χ0v) is 20.6. The van der Waals surface area contributed by atoms with Crippen LogP contribution in [-0.4, -0.2) is 35.3 Å². The number of hydrogen-bond donors (Lipinski definition) is 0. The molecule has 0 N–H and O–H groups in total. The van der Waals surface area contributed by atoms with Gasteiger partial charge in [0.15, 0.2) is 0 Å². The van der Waals surface area contributed by atoms with Crippen LogP contribution in [0.3, 0.4) is 0 Å². The second kappa shape index (κ2) is 13.0. The molecule has 0 radical (unpaired) electrons. The average Bonchev–Trinajstić information content (AvgIpc) is 2.65. The summed E-state index contributed by atoms with van der Waals surface area (Å²) in [5.74, 6) is 2.76. The number of allylic oxidation sites excluding steroid dienone is 1. The Balaban J connectivity index is 3.07. The topological polar surface area (TPSA) is 32.7 Å². The van der Waals surface area contributed by atoms with E-state index >= 15 is 0 Å². The van der Waals surface area contributed by atoms with E-state index < -0.39 is 5.70 Å². The predicted molar refractivity (Wildman–Crippen MR) is 130 cm³/mol. The molecule has 3 nitrogen and oxygen atoms in total. The minimum Gasteiger partial charge on any atom is -0.293 e. The molecule has 0 unspecified atom stereocenters. The lowest BCUT2D eigenvalue weighted by molar-refractivity contribution is 0.561. The SMILES string of the molecule is CC=CCN(C=Nc1ccc(SC)cc1)P(=O)(SCC(C)C)SCC(C)C. The minimum atomic E-state index is -2.66. The highest BCUT2D eigenvalue weighted by Crippen LogP contribution is 2.71. The maximum absolute atomic E-state index is 13.9. The van der Waals surface area contributed by atoms with Crippen molar-refractivity contribution in [3.8, 4) is 0 Å². The molecule has 0 saturated carbocycles. The van der Waals surface area contributed by atoms with Crippen LogP contribution in [-0.2, 0) is 4.57 Å². The van der Waals surface area contributed by atoms with Crippen molar-refractivity contribution >= 4 is 52.2 Å². The first-order valence-corrected chi connectivity index (χ1v) is 15.3. The molecule has 7 heteroatoms. The summed E-state index contributed by atoms with van der Waals surface area (Å²) in [7, 11) is 0. The van der Waals surface area contributed by atoms with Crippen molar-refractivity contribution in [3.63, 3.8) is 0 Å². The number of hydrogen-bond acceptors (Lipinski definition) is 5. The molecule has 0 spiro atoms. The Bertz CT molecular complexity index is 629. The fraction of sp³-hybridized carbons (Fsp3) is 0.550. The Morgan fingerprint density at radius 3 is 2.07 bits per heavy atom. The van der Waals surface area contributed by atoms with Crippen molar-refractivity contribution in [2.45, 2.75) is 39.5 Å². The molecular formula is C20H33N2OPS3. The monoisotopic (exact) mass is 444 g/mol. The normalized spacial score (nSPS) is 12.7. The van der Waals surface area contributed by atoms with Crippen LogP contribution >= 0.6 is 40.2 Å². The lowest BCUT2D eigenvalue weighted by Crippen LogP contribution is -2.17. The van der Waals surface area contributed by atoms with Gasteiger partial charge in [0.05, 0.1) is 12.0 Å². The maximum Gasteiger partial charge on any atom is 0.281 e. The van der Waals surface area contributed by atoms with Crippen LogP contribution < -0.4 is 0 Å². The number of benzene rings is 1. The van der Waals surface area contributed by atoms with Crippen LogP contribution in [0.4, 0.5) is 5.69 Å². The van der Waals surface area contributed by atoms with E-state index in [2.05, 4.69) is 51.1 Å². The summed E-state index contributed by atoms with van der Waals surface area (Å²) in [6.45, 7) is 11.3. The summed E-state index contributed by atoms with van der Waals surface area (Å²) in [5, 5.41) is 0. The predicted octanol–water partition coefficient (Wildman–Crippen LogP) is 7.83. The van der Waals surface area contributed by atoms with Gasteiger partial charge in [0.25, 0.3) is 5.70 Å². The first kappa shape index (κ1) is 24.7. The molecule has 0 aliphatic rings. The number of rotatable bonds is 12. The van der Waals surface area contributed by atoms with Gasteiger partial charge in [0.1, 0.15) is 0 Å². The van der Waals surface area contributed by atoms with Gasteiger partial charge in [-0.2, -0.15) is 0 Å². The van der Waals surface area contributed by atoms with E-state index in [1.165, 1.54) is 4.90 Å². The summed E-state index contributed by atoms with van der Waals surface area (Å²) < 4.78 is 15.8. The van der Waals surface area contributed by atoms with Gasteiger partial charge in [0.2, 0.25) is 0 Å². The first-order valence-electron chi connectivity index (χ1n) is 9.26. The van der Waals surface area contributed by atoms with Gasteiger partial charge in [-0.3, -0.25) is 9.24 Å². The molecule has 0 heterocycles. The highest BCUT2D eigenvalue weighted by molar-refractivity contribution is 8.90. The smallest absolute Gasteiger partial charge is 0.281 e. The molecule has 152 valence electrons. The van der Waals surface area contributed by atoms with Crippen molar-refractivity contribution in [2.75, 3.05) is 24.3 Å². The van der Waals surface area contributed by atoms with E-state index in [0.717, 1.165) is 17.2 Å². The van der Waals surface area contributed by atoms with Gasteiger partial charge in [0, 0.05) is 22.9 Å². The summed E-state index contributed by atoms with van der Waals surface area (Å²) in [6, 6.07) is 8.13. The summed E-state index contributed by atoms with van der Waals surface area (Å²) in [4.78, 5) is 5.83. The van der Waals surface area contributed by atoms with Crippen LogP contribution in [0.25, 0.3) is 0 Å². The molecule has 0 saturated heterocycles. The van der Waals surface area contributed by atoms with Crippen LogP contribution in [0.1, 0.15) is 34.6 Å². The third-order valence-electron chi connectivity index (χ3n) is 3.40. The third-order valence-corrected chi connectivity index (χ3v) is 13.3. The standard InChI is InChI=1S/C20H33N2OPS3/c1-7-8-13-22(16-21-19-9-11-20(25-6)12-10-19)24(23,26-14-17(2)3)27-15-18(4)5/h7-12,16-18H,13-15H2,1-6H3. The van der Waals surface area contributed by atoms with Crippen molar-refractivity contribution in [1.82, 2.24) is 4.67 Å². The number of nitrogens with zero attached hydrogens (tertiary/aromatic N) is 2. The van der Waals surface area contributed by atoms with E-state index in [-0.39, 0.29) is 0 Å². The van der Waals surface area contributed by atoms with E-state index in [0.29, 0.717) is 18.4 Å². The van der Waals surface area contributed by atoms with Gasteiger partial charge in [-0.25, -0.2) is 4.99 Å². The molecule has 0 atom stereocenters. The fourth-order valence-electron chi connectivity index (χ4n) is 1.90. The molecule has 0 bridgehead atoms. The van der Waals surface area contributed by atoms with E-state index in [9.17, 15) is 4.57 Å². The lowest BCUT2D eigenvalue weighted by Gasteiger charge is -2.29. The Hall–Kier alpha value is -0.290. The molecule has 0 fully saturated rings. The zero-order valence-electron chi connectivity index (χ0n) is 17.3. The Kier molecular flexibility index (Phi) is 11.9. The van der Waals surface area contributed by atoms with Crippen molar-refractivity contribution in [2.24, 2.45) is 16.8 Å². The summed E-state index contributed by atoms with van der Waals surface area (Å²) in [6.07, 6.45) is 7.88. The summed E-state index contributed by atoms with van der Waals surface area (Å²) in [5.41, 5.74) is -1.78. The molecule has 27 heavy (non-hydrogen) atoms. The van der Waals surface area contributed by atoms with Gasteiger partial charge >= 0.3 is 0 Å². The quantitative estimate of drug-likeness (QED) is 0.108. The van der Waals surface area contributed by atoms with Gasteiger partial charge in [-0.05, 0) is 49.3 Å². The van der Waals surface area contributed by atoms with Crippen LogP contribution in [0.5, 0.6) is 0 Å². The van der Waals surface area contributed by atoms with Gasteiger partial charge in [-0.1, -0.05) is 62.6 Å². The Morgan fingerprint density at radius 2 is 1.63 bits per heavy atom. The van der Waals surface area contributed by atoms with Gasteiger partial charge < -0.3 is 0 Å². The molecule has 0 aliphatic heterocycles. The third kappa shape index (κ3) is 9.65. The van der Waals surface area contributed by atoms with Gasteiger partial charge in [-0.15, -0.1) is 11.8 Å². The molecule has 0 amide bonds. The second-order valence-electron chi connectivity index (χ2n) is 6.98. The lowest BCUT2D eigenvalue weighted by atomic mass is 10.3. The molecule has 1 rings (SSSR count). The average molecular weight is 445 g/mol. The second-order valence-corrected chi connectivity index (χ2v) is 15.7. The largest absolute Gasteiger partial charge is 0.293 e. The molecule has 0 aliphatic carbocycles. The maximum atomic E-state index is 13.9. The Morgan fingerprint density at radius 1 is 1.07 bits per heavy atom. The Labute approximate surface area is 178 Å². The van der Waals surface area contributed by atoms with E-state index in [1.54, 1.807) is 40.9 Å². The highest BCUT2D eigenvalue weighted by atomic mass is 33.1.